The Bertz CT molecular complexity index is 991. The summed E-state index contributed by atoms with van der Waals surface area (Å²) in [6.07, 6.45) is 9.28. The summed E-state index contributed by atoms with van der Waals surface area (Å²) >= 11 is 0. The van der Waals surface area contributed by atoms with E-state index in [0.717, 1.165) is 56.1 Å². The number of nitrogens with one attached hydrogen (secondary N) is 1. The van der Waals surface area contributed by atoms with Gasteiger partial charge in [-0.05, 0) is 49.8 Å². The maximum Gasteiger partial charge on any atom is 0.258 e. The molecule has 0 spiro atoms. The first-order valence-electron chi connectivity index (χ1n) is 11.6. The van der Waals surface area contributed by atoms with E-state index in [-0.39, 0.29) is 42.0 Å². The maximum atomic E-state index is 13.4. The van der Waals surface area contributed by atoms with Crippen LogP contribution in [0.2, 0.25) is 0 Å². The molecule has 4 aliphatic rings. The van der Waals surface area contributed by atoms with Gasteiger partial charge in [0.25, 0.3) is 5.56 Å². The molecule has 5 rings (SSSR count). The van der Waals surface area contributed by atoms with Crippen LogP contribution in [0.5, 0.6) is 0 Å². The van der Waals surface area contributed by atoms with Crippen molar-refractivity contribution < 1.29 is 14.7 Å². The van der Waals surface area contributed by atoms with Crippen molar-refractivity contribution in [3.8, 4) is 0 Å². The first kappa shape index (κ1) is 20.5. The van der Waals surface area contributed by atoms with E-state index in [1.165, 1.54) is 6.92 Å². The van der Waals surface area contributed by atoms with Crippen molar-refractivity contribution in [2.45, 2.75) is 76.5 Å². The van der Waals surface area contributed by atoms with Gasteiger partial charge in [0.05, 0.1) is 18.0 Å². The number of amides is 2. The molecule has 31 heavy (non-hydrogen) atoms. The molecule has 2 N–H and O–H groups in total. The number of carbonyl (C=O) groups excluding carboxylic acids is 2. The number of pyridine rings is 1. The molecule has 1 saturated carbocycles. The fraction of sp³-hybridized carbons (Fsp3) is 0.625. The van der Waals surface area contributed by atoms with Crippen LogP contribution in [0, 0.1) is 11.8 Å². The highest BCUT2D eigenvalue weighted by atomic mass is 16.3. The number of allylic oxidation sites excluding steroid dienone is 2. The highest BCUT2D eigenvalue weighted by molar-refractivity contribution is 5.84. The predicted molar refractivity (Wildman–Crippen MR) is 116 cm³/mol. The first-order chi connectivity index (χ1) is 15.0. The van der Waals surface area contributed by atoms with Crippen LogP contribution in [0.3, 0.4) is 0 Å². The summed E-state index contributed by atoms with van der Waals surface area (Å²) in [7, 11) is 0. The molecule has 2 aliphatic heterocycles. The third-order valence-electron chi connectivity index (χ3n) is 7.80. The summed E-state index contributed by atoms with van der Waals surface area (Å²) in [5.74, 6) is -1.16. The van der Waals surface area contributed by atoms with Gasteiger partial charge < -0.3 is 19.9 Å². The van der Waals surface area contributed by atoms with Crippen LogP contribution in [-0.4, -0.2) is 45.1 Å². The predicted octanol–water partition coefficient (Wildman–Crippen LogP) is 1.98. The van der Waals surface area contributed by atoms with E-state index in [0.29, 0.717) is 12.2 Å². The Labute approximate surface area is 182 Å². The van der Waals surface area contributed by atoms with E-state index in [2.05, 4.69) is 11.4 Å². The Hall–Kier alpha value is -2.41. The van der Waals surface area contributed by atoms with Gasteiger partial charge in [-0.1, -0.05) is 18.9 Å². The molecule has 1 saturated heterocycles. The molecule has 2 bridgehead atoms. The van der Waals surface area contributed by atoms with Gasteiger partial charge in [0.2, 0.25) is 11.8 Å². The van der Waals surface area contributed by atoms with Gasteiger partial charge in [-0.25, -0.2) is 0 Å². The second-order valence-electron chi connectivity index (χ2n) is 9.51. The summed E-state index contributed by atoms with van der Waals surface area (Å²) in [6, 6.07) is 3.07. The highest BCUT2D eigenvalue weighted by Crippen LogP contribution is 2.48. The van der Waals surface area contributed by atoms with Crippen LogP contribution in [-0.2, 0) is 16.1 Å². The third-order valence-corrected chi connectivity index (χ3v) is 7.80. The second kappa shape index (κ2) is 7.93. The topological polar surface area (TPSA) is 91.6 Å². The standard InChI is InChI=1S/C24H31N3O4/c1-14(29)27-20-12-26-19(11-10-17(24(26)31)15-6-2-3-7-15)22(27)21(18(20)13-28)23(30)25-16-8-4-5-9-16/h6,10-11,16,18,20-22,28H,2-5,7-9,12-13H2,1H3,(H,25,30)/t18-,20-,21+,22+/m1/s1. The quantitative estimate of drug-likeness (QED) is 0.772. The summed E-state index contributed by atoms with van der Waals surface area (Å²) in [4.78, 5) is 41.2. The zero-order valence-corrected chi connectivity index (χ0v) is 18.0. The number of hydrogen-bond donors (Lipinski definition) is 2. The van der Waals surface area contributed by atoms with Gasteiger partial charge in [-0.15, -0.1) is 0 Å². The Morgan fingerprint density at radius 3 is 2.61 bits per heavy atom. The van der Waals surface area contributed by atoms with Crippen molar-refractivity contribution in [3.05, 3.63) is 39.8 Å². The van der Waals surface area contributed by atoms with Gasteiger partial charge in [0, 0.05) is 43.3 Å². The molecular formula is C24H31N3O4. The van der Waals surface area contributed by atoms with Crippen LogP contribution in [0.25, 0.3) is 5.57 Å². The number of hydrogen-bond acceptors (Lipinski definition) is 4. The maximum absolute atomic E-state index is 13.4. The zero-order valence-electron chi connectivity index (χ0n) is 18.0. The van der Waals surface area contributed by atoms with Crippen LogP contribution in [0.1, 0.15) is 69.2 Å². The number of aliphatic hydroxyl groups excluding tert-OH is 1. The number of fused-ring (bicyclic) bond motifs is 4. The number of carbonyl (C=O) groups is 2. The van der Waals surface area contributed by atoms with Crippen LogP contribution < -0.4 is 10.9 Å². The van der Waals surface area contributed by atoms with Crippen molar-refractivity contribution >= 4 is 17.4 Å². The molecule has 7 nitrogen and oxygen atoms in total. The minimum atomic E-state index is -0.552. The fourth-order valence-corrected chi connectivity index (χ4v) is 6.37. The number of aliphatic hydroxyl groups is 1. The SMILES string of the molecule is CC(=O)N1[C@@H]2Cn3c(ccc(C4=CCCC4)c3=O)[C@H]1[C@@H](C(=O)NC1CCCC1)[C@@H]2CO. The molecule has 2 aliphatic carbocycles. The number of nitrogens with zero attached hydrogens (tertiary/aromatic N) is 2. The average molecular weight is 426 g/mol. The smallest absolute Gasteiger partial charge is 0.258 e. The lowest BCUT2D eigenvalue weighted by Crippen LogP contribution is -2.48. The van der Waals surface area contributed by atoms with Crippen LogP contribution in [0.15, 0.2) is 23.0 Å². The molecule has 0 unspecified atom stereocenters. The van der Waals surface area contributed by atoms with Gasteiger partial charge in [-0.3, -0.25) is 14.4 Å². The summed E-state index contributed by atoms with van der Waals surface area (Å²) in [5.41, 5.74) is 2.49. The number of rotatable bonds is 4. The second-order valence-corrected chi connectivity index (χ2v) is 9.51. The molecule has 0 radical (unpaired) electrons. The lowest BCUT2D eigenvalue weighted by atomic mass is 9.86. The lowest BCUT2D eigenvalue weighted by molar-refractivity contribution is -0.134. The Kier molecular flexibility index (Phi) is 5.24. The van der Waals surface area contributed by atoms with Crippen molar-refractivity contribution in [1.29, 1.82) is 0 Å². The summed E-state index contributed by atoms with van der Waals surface area (Å²) in [5, 5.41) is 13.4. The van der Waals surface area contributed by atoms with E-state index in [4.69, 9.17) is 0 Å². The molecule has 0 aromatic carbocycles. The van der Waals surface area contributed by atoms with E-state index < -0.39 is 12.0 Å². The highest BCUT2D eigenvalue weighted by Gasteiger charge is 2.57. The molecule has 3 heterocycles. The van der Waals surface area contributed by atoms with Crippen LogP contribution in [0.4, 0.5) is 0 Å². The van der Waals surface area contributed by atoms with Crippen molar-refractivity contribution in [3.63, 3.8) is 0 Å². The molecule has 7 heteroatoms. The van der Waals surface area contributed by atoms with Crippen molar-refractivity contribution in [2.24, 2.45) is 11.8 Å². The largest absolute Gasteiger partial charge is 0.396 e. The molecule has 2 fully saturated rings. The normalized spacial score (nSPS) is 29.7. The monoisotopic (exact) mass is 425 g/mol. The Morgan fingerprint density at radius 2 is 1.97 bits per heavy atom. The van der Waals surface area contributed by atoms with E-state index in [9.17, 15) is 19.5 Å². The summed E-state index contributed by atoms with van der Waals surface area (Å²) < 4.78 is 1.76. The van der Waals surface area contributed by atoms with Gasteiger partial charge in [-0.2, -0.15) is 0 Å². The van der Waals surface area contributed by atoms with E-state index in [1.54, 1.807) is 9.47 Å². The van der Waals surface area contributed by atoms with Crippen molar-refractivity contribution in [1.82, 2.24) is 14.8 Å². The van der Waals surface area contributed by atoms with Crippen molar-refractivity contribution in [2.75, 3.05) is 6.61 Å². The Balaban J connectivity index is 1.57. The molecule has 1 aromatic heterocycles. The van der Waals surface area contributed by atoms with Gasteiger partial charge >= 0.3 is 0 Å². The minimum Gasteiger partial charge on any atom is -0.396 e. The summed E-state index contributed by atoms with van der Waals surface area (Å²) in [6.45, 7) is 1.65. The number of aromatic nitrogens is 1. The molecular weight excluding hydrogens is 394 g/mol. The van der Waals surface area contributed by atoms with E-state index in [1.807, 2.05) is 12.1 Å². The molecule has 166 valence electrons. The van der Waals surface area contributed by atoms with Crippen LogP contribution >= 0.6 is 0 Å². The lowest BCUT2D eigenvalue weighted by Gasteiger charge is -2.37. The average Bonchev–Trinajstić information content (AvgIpc) is 3.48. The third kappa shape index (κ3) is 3.25. The molecule has 2 amide bonds. The Morgan fingerprint density at radius 1 is 1.19 bits per heavy atom. The van der Waals surface area contributed by atoms with E-state index >= 15 is 0 Å². The fourth-order valence-electron chi connectivity index (χ4n) is 6.37. The first-order valence-corrected chi connectivity index (χ1v) is 11.6. The van der Waals surface area contributed by atoms with Gasteiger partial charge in [0.1, 0.15) is 0 Å². The molecule has 4 atom stereocenters. The molecule has 1 aromatic rings. The zero-order chi connectivity index (χ0) is 21.7. The van der Waals surface area contributed by atoms with Gasteiger partial charge in [0.15, 0.2) is 0 Å². The minimum absolute atomic E-state index is 0.0441.